The van der Waals surface area contributed by atoms with Gasteiger partial charge in [-0.1, -0.05) is 36.4 Å². The maximum Gasteiger partial charge on any atom is 0.254 e. The Morgan fingerprint density at radius 3 is 2.17 bits per heavy atom. The number of hydrogen-bond acceptors (Lipinski definition) is 3. The van der Waals surface area contributed by atoms with Crippen molar-refractivity contribution in [3.05, 3.63) is 89.3 Å². The minimum absolute atomic E-state index is 0.317. The fourth-order valence-electron chi connectivity index (χ4n) is 2.32. The second kappa shape index (κ2) is 5.70. The fourth-order valence-corrected chi connectivity index (χ4v) is 2.32. The second-order valence-corrected chi connectivity index (χ2v) is 4.81. The Hall–Kier alpha value is -3.51. The number of alkyl halides is 1. The van der Waals surface area contributed by atoms with Gasteiger partial charge in [-0.25, -0.2) is 18.9 Å². The van der Waals surface area contributed by atoms with Gasteiger partial charge in [0.05, 0.1) is 18.2 Å². The number of hydrogen-bond donors (Lipinski definition) is 0. The first kappa shape index (κ1) is 14.4. The van der Waals surface area contributed by atoms with Crippen LogP contribution in [0.4, 0.5) is 10.1 Å². The minimum Gasteiger partial charge on any atom is -0.238 e. The third-order valence-corrected chi connectivity index (χ3v) is 3.51. The summed E-state index contributed by atoms with van der Waals surface area (Å²) >= 11 is 0. The van der Waals surface area contributed by atoms with Crippen LogP contribution >= 0.6 is 0 Å². The van der Waals surface area contributed by atoms with Gasteiger partial charge in [0.15, 0.2) is 5.69 Å². The molecule has 0 aliphatic heterocycles. The summed E-state index contributed by atoms with van der Waals surface area (Å²) in [6.45, 7) is 6.99. The number of nitriles is 1. The van der Waals surface area contributed by atoms with Gasteiger partial charge in [0.2, 0.25) is 0 Å². The number of benzene rings is 2. The lowest BCUT2D eigenvalue weighted by Crippen LogP contribution is -2.31. The Morgan fingerprint density at radius 2 is 1.70 bits per heavy atom. The lowest BCUT2D eigenvalue weighted by molar-refractivity contribution is 0.157. The third kappa shape index (κ3) is 2.43. The molecule has 3 rings (SSSR count). The van der Waals surface area contributed by atoms with Crippen LogP contribution in [0.5, 0.6) is 0 Å². The van der Waals surface area contributed by atoms with Crippen molar-refractivity contribution in [1.29, 1.82) is 5.26 Å². The summed E-state index contributed by atoms with van der Waals surface area (Å²) in [7, 11) is 0. The summed E-state index contributed by atoms with van der Waals surface area (Å²) in [5, 5.41) is 12.8. The first-order chi connectivity index (χ1) is 11.2. The predicted molar refractivity (Wildman–Crippen MR) is 81.2 cm³/mol. The molecule has 0 N–H and O–H groups in total. The van der Waals surface area contributed by atoms with Crippen molar-refractivity contribution in [2.24, 2.45) is 0 Å². The number of rotatable bonds is 3. The van der Waals surface area contributed by atoms with E-state index >= 15 is 4.39 Å². The van der Waals surface area contributed by atoms with Crippen molar-refractivity contribution < 1.29 is 4.39 Å². The van der Waals surface area contributed by atoms with Crippen LogP contribution in [0.1, 0.15) is 16.7 Å². The molecule has 110 valence electrons. The van der Waals surface area contributed by atoms with Crippen LogP contribution in [0, 0.1) is 17.9 Å². The molecule has 0 saturated heterocycles. The van der Waals surface area contributed by atoms with Crippen LogP contribution in [-0.2, 0) is 5.79 Å². The molecule has 0 amide bonds. The summed E-state index contributed by atoms with van der Waals surface area (Å²) in [5.74, 6) is -2.08. The van der Waals surface area contributed by atoms with Crippen LogP contribution in [0.2, 0.25) is 0 Å². The van der Waals surface area contributed by atoms with E-state index in [9.17, 15) is 0 Å². The van der Waals surface area contributed by atoms with Gasteiger partial charge in [-0.3, -0.25) is 0 Å². The van der Waals surface area contributed by atoms with Crippen LogP contribution in [0.25, 0.3) is 4.85 Å². The first-order valence-corrected chi connectivity index (χ1v) is 6.71. The standard InChI is InChI=1S/C17H10FN5/c1-20-16-8-6-15(7-9-16)17(18,23-12-21-11-22-23)14-4-2-13(10-19)3-5-14/h2-9,11-12H. The van der Waals surface area contributed by atoms with Gasteiger partial charge in [-0.05, 0) is 12.1 Å². The highest BCUT2D eigenvalue weighted by atomic mass is 19.1. The van der Waals surface area contributed by atoms with Gasteiger partial charge in [-0.2, -0.15) is 10.4 Å². The molecule has 0 aliphatic carbocycles. The van der Waals surface area contributed by atoms with E-state index in [1.54, 1.807) is 48.5 Å². The monoisotopic (exact) mass is 303 g/mol. The first-order valence-electron chi connectivity index (χ1n) is 6.71. The molecular formula is C17H10FN5. The topological polar surface area (TPSA) is 58.9 Å². The Bertz CT molecular complexity index is 827. The van der Waals surface area contributed by atoms with Crippen molar-refractivity contribution in [2.45, 2.75) is 5.79 Å². The summed E-state index contributed by atoms with van der Waals surface area (Å²) in [4.78, 5) is 7.13. The van der Waals surface area contributed by atoms with E-state index in [2.05, 4.69) is 14.9 Å². The molecule has 5 nitrogen and oxygen atoms in total. The molecule has 0 radical (unpaired) electrons. The highest BCUT2D eigenvalue weighted by Gasteiger charge is 2.37. The molecule has 3 aromatic rings. The van der Waals surface area contributed by atoms with Crippen LogP contribution in [-0.4, -0.2) is 14.8 Å². The van der Waals surface area contributed by atoms with Crippen molar-refractivity contribution >= 4 is 5.69 Å². The number of nitrogens with zero attached hydrogens (tertiary/aromatic N) is 5. The van der Waals surface area contributed by atoms with Crippen molar-refractivity contribution in [2.75, 3.05) is 0 Å². The Morgan fingerprint density at radius 1 is 1.09 bits per heavy atom. The molecule has 1 atom stereocenters. The van der Waals surface area contributed by atoms with Crippen LogP contribution in [0.15, 0.2) is 61.2 Å². The quantitative estimate of drug-likeness (QED) is 0.697. The molecular weight excluding hydrogens is 293 g/mol. The van der Waals surface area contributed by atoms with Gasteiger partial charge in [0.25, 0.3) is 5.79 Å². The third-order valence-electron chi connectivity index (χ3n) is 3.51. The van der Waals surface area contributed by atoms with Gasteiger partial charge in [0, 0.05) is 11.1 Å². The Balaban J connectivity index is 2.18. The molecule has 0 aliphatic rings. The van der Waals surface area contributed by atoms with Gasteiger partial charge in [0.1, 0.15) is 12.7 Å². The molecule has 0 saturated carbocycles. The Labute approximate surface area is 132 Å². The normalized spacial score (nSPS) is 12.8. The van der Waals surface area contributed by atoms with E-state index in [-0.39, 0.29) is 0 Å². The highest BCUT2D eigenvalue weighted by molar-refractivity contribution is 5.48. The zero-order valence-corrected chi connectivity index (χ0v) is 11.9. The molecule has 0 bridgehead atoms. The maximum absolute atomic E-state index is 16.0. The zero-order chi connectivity index (χ0) is 16.3. The lowest BCUT2D eigenvalue weighted by Gasteiger charge is -2.26. The molecule has 6 heteroatoms. The van der Waals surface area contributed by atoms with Crippen molar-refractivity contribution in [3.8, 4) is 6.07 Å². The predicted octanol–water partition coefficient (Wildman–Crippen LogP) is 3.42. The second-order valence-electron chi connectivity index (χ2n) is 4.81. The molecule has 1 unspecified atom stereocenters. The van der Waals surface area contributed by atoms with Gasteiger partial charge in [-0.15, -0.1) is 0 Å². The summed E-state index contributed by atoms with van der Waals surface area (Å²) < 4.78 is 17.1. The SMILES string of the molecule is [C-]#[N+]c1ccc(C(F)(c2ccc(C#N)cc2)n2cncn2)cc1. The van der Waals surface area contributed by atoms with E-state index in [4.69, 9.17) is 11.8 Å². The van der Waals surface area contributed by atoms with Crippen molar-refractivity contribution in [1.82, 2.24) is 14.8 Å². The van der Waals surface area contributed by atoms with Gasteiger partial charge >= 0.3 is 0 Å². The molecule has 0 fully saturated rings. The van der Waals surface area contributed by atoms with E-state index in [1.165, 1.54) is 12.7 Å². The summed E-state index contributed by atoms with van der Waals surface area (Å²) in [5.41, 5.74) is 1.50. The minimum atomic E-state index is -2.08. The molecule has 2 aromatic carbocycles. The summed E-state index contributed by atoms with van der Waals surface area (Å²) in [6, 6.07) is 14.4. The average molecular weight is 303 g/mol. The molecule has 0 spiro atoms. The van der Waals surface area contributed by atoms with Crippen molar-refractivity contribution in [3.63, 3.8) is 0 Å². The molecule has 1 heterocycles. The number of aromatic nitrogens is 3. The van der Waals surface area contributed by atoms with E-state index < -0.39 is 5.79 Å². The average Bonchev–Trinajstić information content (AvgIpc) is 3.16. The smallest absolute Gasteiger partial charge is 0.238 e. The molecule has 1 aromatic heterocycles. The lowest BCUT2D eigenvalue weighted by atomic mass is 9.95. The number of halogens is 1. The largest absolute Gasteiger partial charge is 0.254 e. The van der Waals surface area contributed by atoms with E-state index in [0.717, 1.165) is 4.68 Å². The Kier molecular flexibility index (Phi) is 3.58. The van der Waals surface area contributed by atoms with Gasteiger partial charge < -0.3 is 0 Å². The molecule has 23 heavy (non-hydrogen) atoms. The maximum atomic E-state index is 16.0. The van der Waals surface area contributed by atoms with Crippen LogP contribution in [0.3, 0.4) is 0 Å². The fraction of sp³-hybridized carbons (Fsp3) is 0.0588. The highest BCUT2D eigenvalue weighted by Crippen LogP contribution is 2.35. The zero-order valence-electron chi connectivity index (χ0n) is 11.9. The summed E-state index contributed by atoms with van der Waals surface area (Å²) in [6.07, 6.45) is 2.55. The van der Waals surface area contributed by atoms with E-state index in [1.807, 2.05) is 6.07 Å². The van der Waals surface area contributed by atoms with E-state index in [0.29, 0.717) is 22.4 Å². The van der Waals surface area contributed by atoms with Crippen LogP contribution < -0.4 is 0 Å².